The SMILES string of the molecule is CCC(NC)c1ccc(Oc2cc(F)ccc2C)cn1. The van der Waals surface area contributed by atoms with Crippen molar-refractivity contribution >= 4 is 0 Å². The van der Waals surface area contributed by atoms with Gasteiger partial charge in [0, 0.05) is 12.1 Å². The molecular weight excluding hydrogens is 255 g/mol. The van der Waals surface area contributed by atoms with Crippen molar-refractivity contribution in [3.05, 3.63) is 53.6 Å². The quantitative estimate of drug-likeness (QED) is 0.895. The first-order valence-corrected chi connectivity index (χ1v) is 6.71. The number of pyridine rings is 1. The molecule has 1 aromatic heterocycles. The summed E-state index contributed by atoms with van der Waals surface area (Å²) in [4.78, 5) is 4.39. The Balaban J connectivity index is 2.16. The zero-order chi connectivity index (χ0) is 14.5. The normalized spacial score (nSPS) is 12.2. The van der Waals surface area contributed by atoms with Crippen molar-refractivity contribution in [1.82, 2.24) is 10.3 Å². The number of rotatable bonds is 5. The van der Waals surface area contributed by atoms with Crippen LogP contribution in [-0.4, -0.2) is 12.0 Å². The lowest BCUT2D eigenvalue weighted by Crippen LogP contribution is -2.16. The van der Waals surface area contributed by atoms with Crippen molar-refractivity contribution in [2.45, 2.75) is 26.3 Å². The minimum atomic E-state index is -0.309. The molecule has 1 heterocycles. The Kier molecular flexibility index (Phi) is 4.69. The van der Waals surface area contributed by atoms with E-state index in [0.717, 1.165) is 17.7 Å². The van der Waals surface area contributed by atoms with Gasteiger partial charge in [0.1, 0.15) is 17.3 Å². The molecule has 0 aliphatic heterocycles. The van der Waals surface area contributed by atoms with Gasteiger partial charge in [-0.15, -0.1) is 0 Å². The zero-order valence-corrected chi connectivity index (χ0v) is 12.0. The number of benzene rings is 1. The molecule has 0 saturated heterocycles. The highest BCUT2D eigenvalue weighted by Crippen LogP contribution is 2.26. The van der Waals surface area contributed by atoms with Gasteiger partial charge in [0.25, 0.3) is 0 Å². The number of ether oxygens (including phenoxy) is 1. The van der Waals surface area contributed by atoms with E-state index in [-0.39, 0.29) is 11.9 Å². The highest BCUT2D eigenvalue weighted by atomic mass is 19.1. The molecule has 0 spiro atoms. The van der Waals surface area contributed by atoms with Crippen molar-refractivity contribution in [3.8, 4) is 11.5 Å². The molecule has 2 aromatic rings. The number of aryl methyl sites for hydroxylation is 1. The van der Waals surface area contributed by atoms with Crippen molar-refractivity contribution < 1.29 is 9.13 Å². The molecule has 0 aliphatic carbocycles. The van der Waals surface area contributed by atoms with E-state index in [9.17, 15) is 4.39 Å². The third kappa shape index (κ3) is 3.33. The van der Waals surface area contributed by atoms with Gasteiger partial charge in [-0.2, -0.15) is 0 Å². The van der Waals surface area contributed by atoms with Crippen molar-refractivity contribution in [2.75, 3.05) is 7.05 Å². The third-order valence-corrected chi connectivity index (χ3v) is 3.25. The van der Waals surface area contributed by atoms with Crippen LogP contribution in [0.15, 0.2) is 36.5 Å². The lowest BCUT2D eigenvalue weighted by Gasteiger charge is -2.14. The van der Waals surface area contributed by atoms with E-state index in [0.29, 0.717) is 11.5 Å². The van der Waals surface area contributed by atoms with Gasteiger partial charge in [-0.05, 0) is 44.2 Å². The zero-order valence-electron chi connectivity index (χ0n) is 12.0. The predicted octanol–water partition coefficient (Wildman–Crippen LogP) is 3.99. The molecule has 1 atom stereocenters. The van der Waals surface area contributed by atoms with E-state index in [1.165, 1.54) is 12.1 Å². The summed E-state index contributed by atoms with van der Waals surface area (Å²) in [5.74, 6) is 0.810. The summed E-state index contributed by atoms with van der Waals surface area (Å²) in [7, 11) is 1.91. The number of halogens is 1. The molecule has 0 radical (unpaired) electrons. The molecule has 4 heteroatoms. The number of nitrogens with zero attached hydrogens (tertiary/aromatic N) is 1. The minimum absolute atomic E-state index is 0.236. The van der Waals surface area contributed by atoms with Crippen LogP contribution in [0.4, 0.5) is 4.39 Å². The van der Waals surface area contributed by atoms with Gasteiger partial charge in [0.05, 0.1) is 11.9 Å². The molecule has 2 rings (SSSR count). The first-order valence-electron chi connectivity index (χ1n) is 6.71. The predicted molar refractivity (Wildman–Crippen MR) is 77.5 cm³/mol. The second-order valence-corrected chi connectivity index (χ2v) is 4.68. The molecule has 0 saturated carbocycles. The topological polar surface area (TPSA) is 34.1 Å². The Bertz CT molecular complexity index is 565. The van der Waals surface area contributed by atoms with Crippen molar-refractivity contribution in [1.29, 1.82) is 0 Å². The molecule has 3 nitrogen and oxygen atoms in total. The Hall–Kier alpha value is -1.94. The first-order chi connectivity index (χ1) is 9.63. The molecule has 0 amide bonds. The standard InChI is InChI=1S/C16H19FN2O/c1-4-14(18-3)15-8-7-13(10-19-15)20-16-9-12(17)6-5-11(16)2/h5-10,14,18H,4H2,1-3H3. The maximum Gasteiger partial charge on any atom is 0.145 e. The van der Waals surface area contributed by atoms with Crippen LogP contribution in [0.2, 0.25) is 0 Å². The Morgan fingerprint density at radius 1 is 1.30 bits per heavy atom. The number of hydrogen-bond donors (Lipinski definition) is 1. The van der Waals surface area contributed by atoms with Gasteiger partial charge in [-0.3, -0.25) is 4.98 Å². The number of hydrogen-bond acceptors (Lipinski definition) is 3. The van der Waals surface area contributed by atoms with E-state index in [1.807, 2.05) is 26.1 Å². The average molecular weight is 274 g/mol. The Morgan fingerprint density at radius 2 is 2.10 bits per heavy atom. The molecular formula is C16H19FN2O. The fourth-order valence-corrected chi connectivity index (χ4v) is 2.03. The molecule has 1 aromatic carbocycles. The Morgan fingerprint density at radius 3 is 2.70 bits per heavy atom. The smallest absolute Gasteiger partial charge is 0.145 e. The van der Waals surface area contributed by atoms with Crippen molar-refractivity contribution in [3.63, 3.8) is 0 Å². The summed E-state index contributed by atoms with van der Waals surface area (Å²) in [5, 5.41) is 3.20. The molecule has 0 fully saturated rings. The fourth-order valence-electron chi connectivity index (χ4n) is 2.03. The Labute approximate surface area is 118 Å². The molecule has 106 valence electrons. The van der Waals surface area contributed by atoms with E-state index >= 15 is 0 Å². The highest BCUT2D eigenvalue weighted by molar-refractivity contribution is 5.37. The van der Waals surface area contributed by atoms with Crippen LogP contribution in [0.5, 0.6) is 11.5 Å². The molecule has 0 aliphatic rings. The molecule has 20 heavy (non-hydrogen) atoms. The van der Waals surface area contributed by atoms with Crippen molar-refractivity contribution in [2.24, 2.45) is 0 Å². The molecule has 0 bridgehead atoms. The summed E-state index contributed by atoms with van der Waals surface area (Å²) < 4.78 is 18.9. The second kappa shape index (κ2) is 6.48. The van der Waals surface area contributed by atoms with Gasteiger partial charge in [-0.25, -0.2) is 4.39 Å². The average Bonchev–Trinajstić information content (AvgIpc) is 2.46. The van der Waals surface area contributed by atoms with E-state index in [2.05, 4.69) is 17.2 Å². The van der Waals surface area contributed by atoms with E-state index in [1.54, 1.807) is 12.3 Å². The van der Waals surface area contributed by atoms with Crippen LogP contribution in [0, 0.1) is 12.7 Å². The number of aromatic nitrogens is 1. The minimum Gasteiger partial charge on any atom is -0.455 e. The van der Waals surface area contributed by atoms with Crippen LogP contribution in [-0.2, 0) is 0 Å². The van der Waals surface area contributed by atoms with Gasteiger partial charge < -0.3 is 10.1 Å². The van der Waals surface area contributed by atoms with Gasteiger partial charge in [0.2, 0.25) is 0 Å². The summed E-state index contributed by atoms with van der Waals surface area (Å²) in [5.41, 5.74) is 1.86. The monoisotopic (exact) mass is 274 g/mol. The van der Waals surface area contributed by atoms with Crippen LogP contribution in [0.1, 0.15) is 30.6 Å². The maximum absolute atomic E-state index is 13.2. The lowest BCUT2D eigenvalue weighted by molar-refractivity contribution is 0.468. The van der Waals surface area contributed by atoms with Gasteiger partial charge >= 0.3 is 0 Å². The summed E-state index contributed by atoms with van der Waals surface area (Å²) in [6, 6.07) is 8.51. The molecule has 1 N–H and O–H groups in total. The van der Waals surface area contributed by atoms with Crippen LogP contribution >= 0.6 is 0 Å². The largest absolute Gasteiger partial charge is 0.455 e. The van der Waals surface area contributed by atoms with E-state index in [4.69, 9.17) is 4.74 Å². The maximum atomic E-state index is 13.2. The van der Waals surface area contributed by atoms with E-state index < -0.39 is 0 Å². The van der Waals surface area contributed by atoms with Crippen LogP contribution in [0.25, 0.3) is 0 Å². The second-order valence-electron chi connectivity index (χ2n) is 4.68. The van der Waals surface area contributed by atoms with Gasteiger partial charge in [-0.1, -0.05) is 13.0 Å². The van der Waals surface area contributed by atoms with Crippen LogP contribution in [0.3, 0.4) is 0 Å². The molecule has 1 unspecified atom stereocenters. The number of nitrogens with one attached hydrogen (secondary N) is 1. The fraction of sp³-hybridized carbons (Fsp3) is 0.312. The highest BCUT2D eigenvalue weighted by Gasteiger charge is 2.09. The first kappa shape index (κ1) is 14.5. The lowest BCUT2D eigenvalue weighted by atomic mass is 10.1. The summed E-state index contributed by atoms with van der Waals surface area (Å²) in [6.07, 6.45) is 2.63. The van der Waals surface area contributed by atoms with Crippen LogP contribution < -0.4 is 10.1 Å². The van der Waals surface area contributed by atoms with Gasteiger partial charge in [0.15, 0.2) is 0 Å². The third-order valence-electron chi connectivity index (χ3n) is 3.25. The summed E-state index contributed by atoms with van der Waals surface area (Å²) in [6.45, 7) is 3.98. The summed E-state index contributed by atoms with van der Waals surface area (Å²) >= 11 is 0.